The third-order valence-corrected chi connectivity index (χ3v) is 12.2. The summed E-state index contributed by atoms with van der Waals surface area (Å²) >= 11 is 11.9. The summed E-state index contributed by atoms with van der Waals surface area (Å²) in [6.07, 6.45) is -0.284. The molecule has 0 aliphatic rings. The number of alkyl halides is 3. The summed E-state index contributed by atoms with van der Waals surface area (Å²) < 4.78 is 50.8. The normalized spacial score (nSPS) is 12.9. The molecule has 8 N–H and O–H groups in total. The van der Waals surface area contributed by atoms with E-state index in [4.69, 9.17) is 43.9 Å². The van der Waals surface area contributed by atoms with Crippen molar-refractivity contribution in [3.63, 3.8) is 0 Å². The van der Waals surface area contributed by atoms with Crippen LogP contribution in [-0.4, -0.2) is 100 Å². The van der Waals surface area contributed by atoms with E-state index in [1.807, 2.05) is 97.8 Å². The number of halogens is 5. The van der Waals surface area contributed by atoms with Gasteiger partial charge in [-0.2, -0.15) is 13.2 Å². The first-order valence-corrected chi connectivity index (χ1v) is 25.6. The summed E-state index contributed by atoms with van der Waals surface area (Å²) in [7, 11) is 0. The molecule has 2 aromatic heterocycles. The predicted octanol–water partition coefficient (Wildman–Crippen LogP) is 10.4. The van der Waals surface area contributed by atoms with Gasteiger partial charge in [0.2, 0.25) is 0 Å². The van der Waals surface area contributed by atoms with Crippen LogP contribution in [0.2, 0.25) is 10.0 Å². The molecule has 414 valence electrons. The van der Waals surface area contributed by atoms with Crippen molar-refractivity contribution in [3.8, 4) is 34.0 Å². The van der Waals surface area contributed by atoms with E-state index in [-0.39, 0.29) is 53.6 Å². The minimum atomic E-state index is -4.51. The van der Waals surface area contributed by atoms with Crippen molar-refractivity contribution in [1.82, 2.24) is 24.4 Å². The highest BCUT2D eigenvalue weighted by Gasteiger charge is 2.38. The molecule has 0 saturated heterocycles. The fourth-order valence-electron chi connectivity index (χ4n) is 7.68. The molecule has 4 aromatic carbocycles. The fourth-order valence-corrected chi connectivity index (χ4v) is 8.13. The Morgan fingerprint density at radius 3 is 1.50 bits per heavy atom. The number of rotatable bonds is 21. The minimum Gasteiger partial charge on any atom is -0.489 e. The van der Waals surface area contributed by atoms with Gasteiger partial charge in [0.05, 0.1) is 33.1 Å². The number of carbonyl (C=O) groups excluding carboxylic acids is 1. The molecule has 15 nitrogen and oxygen atoms in total. The van der Waals surface area contributed by atoms with E-state index in [0.717, 1.165) is 71.7 Å². The molecule has 20 heteroatoms. The molecule has 0 spiro atoms. The van der Waals surface area contributed by atoms with Crippen molar-refractivity contribution in [2.75, 3.05) is 13.2 Å². The number of aromatic nitrogens is 4. The van der Waals surface area contributed by atoms with Gasteiger partial charge in [0, 0.05) is 67.5 Å². The second kappa shape index (κ2) is 27.9. The van der Waals surface area contributed by atoms with Crippen LogP contribution in [0.4, 0.5) is 13.2 Å². The van der Waals surface area contributed by atoms with Crippen molar-refractivity contribution < 1.29 is 57.8 Å². The number of carbonyl (C=O) groups is 2. The minimum absolute atomic E-state index is 0.0200. The molecule has 6 rings (SSSR count). The lowest BCUT2D eigenvalue weighted by atomic mass is 10.0. The van der Waals surface area contributed by atoms with Crippen LogP contribution >= 0.6 is 23.2 Å². The van der Waals surface area contributed by atoms with Gasteiger partial charge in [-0.3, -0.25) is 4.79 Å². The Hall–Kier alpha value is -5.99. The van der Waals surface area contributed by atoms with Gasteiger partial charge in [-0.15, -0.1) is 0 Å². The van der Waals surface area contributed by atoms with E-state index in [0.29, 0.717) is 53.8 Å². The number of hydrogen-bond donors (Lipinski definition) is 7. The average Bonchev–Trinajstić information content (AvgIpc) is 4.00. The van der Waals surface area contributed by atoms with Crippen LogP contribution < -0.4 is 20.5 Å². The zero-order valence-electron chi connectivity index (χ0n) is 44.3. The van der Waals surface area contributed by atoms with Crippen LogP contribution in [0.15, 0.2) is 97.3 Å². The smallest absolute Gasteiger partial charge is 0.425 e. The maximum absolute atomic E-state index is 12.9. The molecule has 3 atom stereocenters. The summed E-state index contributed by atoms with van der Waals surface area (Å²) in [5.41, 5.74) is 10.0. The lowest BCUT2D eigenvalue weighted by molar-refractivity contribution is -0.189. The number of carboxylic acid groups (broad SMARTS) is 1. The summed E-state index contributed by atoms with van der Waals surface area (Å²) in [6, 6.07) is 24.0. The summed E-state index contributed by atoms with van der Waals surface area (Å²) in [6.45, 7) is 17.2. The van der Waals surface area contributed by atoms with Crippen molar-refractivity contribution >= 4 is 35.1 Å². The van der Waals surface area contributed by atoms with Crippen molar-refractivity contribution in [3.05, 3.63) is 141 Å². The Morgan fingerprint density at radius 1 is 0.684 bits per heavy atom. The zero-order valence-corrected chi connectivity index (χ0v) is 45.8. The number of hydrogen-bond acceptors (Lipinski definition) is 11. The lowest BCUT2D eigenvalue weighted by Gasteiger charge is -2.19. The van der Waals surface area contributed by atoms with Gasteiger partial charge in [0.25, 0.3) is 5.91 Å². The molecule has 6 aromatic rings. The molecule has 0 aliphatic heterocycles. The van der Waals surface area contributed by atoms with Gasteiger partial charge in [0.15, 0.2) is 6.10 Å². The van der Waals surface area contributed by atoms with Crippen LogP contribution in [0.3, 0.4) is 0 Å². The highest BCUT2D eigenvalue weighted by Crippen LogP contribution is 2.32. The first kappa shape index (κ1) is 62.5. The van der Waals surface area contributed by atoms with Gasteiger partial charge in [-0.25, -0.2) is 14.8 Å². The van der Waals surface area contributed by atoms with E-state index in [1.54, 1.807) is 45.9 Å². The summed E-state index contributed by atoms with van der Waals surface area (Å²) in [5.74, 6) is 0.146. The van der Waals surface area contributed by atoms with Crippen molar-refractivity contribution in [2.24, 2.45) is 5.73 Å². The second-order valence-electron chi connectivity index (χ2n) is 19.4. The van der Waals surface area contributed by atoms with Crippen LogP contribution in [0, 0.1) is 0 Å². The van der Waals surface area contributed by atoms with Gasteiger partial charge in [-0.1, -0.05) is 71.7 Å². The van der Waals surface area contributed by atoms with E-state index in [2.05, 4.69) is 20.0 Å². The van der Waals surface area contributed by atoms with Crippen LogP contribution in [-0.2, 0) is 37.1 Å². The molecular weight excluding hydrogens is 1030 g/mol. The summed E-state index contributed by atoms with van der Waals surface area (Å²) in [4.78, 5) is 32.7. The number of imidazole rings is 2. The molecule has 0 aliphatic carbocycles. The molecule has 0 bridgehead atoms. The lowest BCUT2D eigenvalue weighted by Crippen LogP contribution is -2.37. The van der Waals surface area contributed by atoms with Crippen molar-refractivity contribution in [2.45, 2.75) is 143 Å². The maximum atomic E-state index is 12.9. The third kappa shape index (κ3) is 18.6. The fraction of sp³-hybridized carbons (Fsp3) is 0.429. The Morgan fingerprint density at radius 2 is 1.12 bits per heavy atom. The van der Waals surface area contributed by atoms with E-state index in [1.165, 1.54) is 0 Å². The molecule has 1 amide bonds. The Balaban J connectivity index is 0.000000267. The first-order valence-electron chi connectivity index (χ1n) is 24.9. The number of benzene rings is 4. The number of aromatic carboxylic acids is 1. The van der Waals surface area contributed by atoms with E-state index >= 15 is 0 Å². The maximum Gasteiger partial charge on any atom is 0.425 e. The molecule has 0 fully saturated rings. The predicted molar refractivity (Wildman–Crippen MR) is 289 cm³/mol. The standard InChI is InChI=1S/C28H36ClN3O4.C18H27N3O2.C10H8ClF3O3/c1-6-32-17-24(31-27(32)28(4,5)35)20-9-7-19(8-10-20)15-22(13-14-33)30-26(34)21-11-12-25(23(29)16-21)36-18(2)3;1-4-21-12-16(20-17(21)18(2,3)23)14-7-5-13(6-8-14)11-15(19)9-10-22;1-5(10(12,13)14)17-8-3-2-6(9(15)16)4-7(8)11/h7-12,16-18,22,33,35H,6,13-15H2,1-5H3,(H,30,34);5-8,12,15,22-23H,4,9-11,19H2,1-3H3;2-5H,1H3,(H,15,16)/t;;5-/m..1/s1. The topological polar surface area (TPSA) is 227 Å². The number of carboxylic acids is 1. The second-order valence-corrected chi connectivity index (χ2v) is 20.2. The van der Waals surface area contributed by atoms with Crippen molar-refractivity contribution in [1.29, 1.82) is 0 Å². The molecular formula is C56H71Cl2F3N6O9. The highest BCUT2D eigenvalue weighted by molar-refractivity contribution is 6.32. The van der Waals surface area contributed by atoms with Gasteiger partial charge < -0.3 is 55.2 Å². The number of aliphatic hydroxyl groups is 4. The van der Waals surface area contributed by atoms with Crippen LogP contribution in [0.25, 0.3) is 22.5 Å². The van der Waals surface area contributed by atoms with Gasteiger partial charge >= 0.3 is 12.1 Å². The number of aryl methyl sites for hydroxylation is 2. The van der Waals surface area contributed by atoms with Crippen LogP contribution in [0.5, 0.6) is 11.5 Å². The SMILES string of the molecule is CCn1cc(-c2ccc(CC(CCO)NC(=O)c3ccc(OC(C)C)c(Cl)c3)cc2)nc1C(C)(C)O.CCn1cc(-c2ccc(CC(N)CCO)cc2)nc1C(C)(C)O.C[C@@H](Oc1ccc(C(=O)O)cc1Cl)C(F)(F)F. The van der Waals surface area contributed by atoms with Gasteiger partial charge in [0.1, 0.15) is 34.3 Å². The number of nitrogens with one attached hydrogen (secondary N) is 1. The molecule has 2 heterocycles. The number of nitrogens with zero attached hydrogens (tertiary/aromatic N) is 4. The molecule has 2 unspecified atom stereocenters. The first-order chi connectivity index (χ1) is 35.6. The number of nitrogens with two attached hydrogens (primary N) is 1. The Labute approximate surface area is 452 Å². The molecule has 0 radical (unpaired) electrons. The van der Waals surface area contributed by atoms with E-state index < -0.39 is 29.5 Å². The quantitative estimate of drug-likeness (QED) is 0.0357. The zero-order chi connectivity index (χ0) is 56.7. The number of aliphatic hydroxyl groups excluding tert-OH is 2. The summed E-state index contributed by atoms with van der Waals surface area (Å²) in [5, 5.41) is 51.0. The number of amides is 1. The monoisotopic (exact) mass is 1100 g/mol. The molecule has 0 saturated carbocycles. The molecule has 76 heavy (non-hydrogen) atoms. The van der Waals surface area contributed by atoms with Gasteiger partial charge in [-0.05, 0) is 136 Å². The number of ether oxygens (including phenoxy) is 2. The Bertz CT molecular complexity index is 2810. The third-order valence-electron chi connectivity index (χ3n) is 11.6. The largest absolute Gasteiger partial charge is 0.489 e. The highest BCUT2D eigenvalue weighted by atomic mass is 35.5. The van der Waals surface area contributed by atoms with E-state index in [9.17, 15) is 38.1 Å². The average molecular weight is 1100 g/mol. The Kier molecular flexibility index (Phi) is 22.9. The van der Waals surface area contributed by atoms with Crippen LogP contribution in [0.1, 0.15) is 119 Å².